The molecule has 1 aromatic rings. The maximum absolute atomic E-state index is 5.29. The van der Waals surface area contributed by atoms with Crippen LogP contribution in [0.15, 0.2) is 18.3 Å². The number of anilines is 1. The van der Waals surface area contributed by atoms with Crippen LogP contribution in [0.2, 0.25) is 0 Å². The zero-order valence-electron chi connectivity index (χ0n) is 10.7. The van der Waals surface area contributed by atoms with Gasteiger partial charge in [-0.1, -0.05) is 19.9 Å². The third-order valence-corrected chi connectivity index (χ3v) is 3.59. The Labute approximate surface area is 103 Å². The third kappa shape index (κ3) is 3.41. The number of pyridine rings is 1. The summed E-state index contributed by atoms with van der Waals surface area (Å²) in [7, 11) is 0. The van der Waals surface area contributed by atoms with Gasteiger partial charge in [-0.05, 0) is 43.0 Å². The zero-order chi connectivity index (χ0) is 12.3. The molecule has 1 fully saturated rings. The Balaban J connectivity index is 1.89. The van der Waals surface area contributed by atoms with E-state index in [4.69, 9.17) is 5.84 Å². The van der Waals surface area contributed by atoms with Gasteiger partial charge in [-0.2, -0.15) is 0 Å². The van der Waals surface area contributed by atoms with E-state index in [2.05, 4.69) is 35.2 Å². The second-order valence-corrected chi connectivity index (χ2v) is 5.64. The number of hydrogen-bond acceptors (Lipinski definition) is 4. The van der Waals surface area contributed by atoms with E-state index >= 15 is 0 Å². The molecular weight excluding hydrogens is 212 g/mol. The SMILES string of the molecule is CC1(C)CCN(Cc2ccc(NN)nc2)CC1. The quantitative estimate of drug-likeness (QED) is 0.620. The van der Waals surface area contributed by atoms with Gasteiger partial charge in [0.25, 0.3) is 0 Å². The lowest BCUT2D eigenvalue weighted by molar-refractivity contribution is 0.127. The van der Waals surface area contributed by atoms with Crippen LogP contribution in [0.4, 0.5) is 5.82 Å². The van der Waals surface area contributed by atoms with Gasteiger partial charge in [-0.25, -0.2) is 10.8 Å². The molecule has 4 nitrogen and oxygen atoms in total. The average Bonchev–Trinajstić information content (AvgIpc) is 2.33. The summed E-state index contributed by atoms with van der Waals surface area (Å²) in [6, 6.07) is 4.01. The topological polar surface area (TPSA) is 54.2 Å². The first-order valence-electron chi connectivity index (χ1n) is 6.23. The summed E-state index contributed by atoms with van der Waals surface area (Å²) in [4.78, 5) is 6.73. The number of aromatic nitrogens is 1. The molecule has 94 valence electrons. The van der Waals surface area contributed by atoms with Crippen molar-refractivity contribution in [2.75, 3.05) is 18.5 Å². The van der Waals surface area contributed by atoms with Gasteiger partial charge in [0.15, 0.2) is 0 Å². The summed E-state index contributed by atoms with van der Waals surface area (Å²) in [5, 5.41) is 0. The van der Waals surface area contributed by atoms with Gasteiger partial charge in [0.1, 0.15) is 5.82 Å². The van der Waals surface area contributed by atoms with Gasteiger partial charge >= 0.3 is 0 Å². The van der Waals surface area contributed by atoms with E-state index in [1.165, 1.54) is 31.5 Å². The number of nitrogens with one attached hydrogen (secondary N) is 1. The molecule has 0 saturated carbocycles. The fourth-order valence-corrected chi connectivity index (χ4v) is 2.18. The number of hydrazine groups is 1. The van der Waals surface area contributed by atoms with Crippen molar-refractivity contribution >= 4 is 5.82 Å². The summed E-state index contributed by atoms with van der Waals surface area (Å²) >= 11 is 0. The van der Waals surface area contributed by atoms with Crippen LogP contribution < -0.4 is 11.3 Å². The lowest BCUT2D eigenvalue weighted by Gasteiger charge is -2.36. The Morgan fingerprint density at radius 3 is 2.59 bits per heavy atom. The highest BCUT2D eigenvalue weighted by molar-refractivity contribution is 5.33. The van der Waals surface area contributed by atoms with E-state index in [1.807, 2.05) is 12.3 Å². The van der Waals surface area contributed by atoms with Gasteiger partial charge in [-0.3, -0.25) is 4.90 Å². The lowest BCUT2D eigenvalue weighted by atomic mass is 9.82. The van der Waals surface area contributed by atoms with E-state index in [0.29, 0.717) is 11.2 Å². The van der Waals surface area contributed by atoms with E-state index < -0.39 is 0 Å². The molecule has 1 aliphatic rings. The second-order valence-electron chi connectivity index (χ2n) is 5.64. The minimum atomic E-state index is 0.516. The number of hydrogen-bond donors (Lipinski definition) is 2. The predicted molar refractivity (Wildman–Crippen MR) is 70.3 cm³/mol. The molecule has 0 amide bonds. The first-order valence-corrected chi connectivity index (χ1v) is 6.23. The Morgan fingerprint density at radius 1 is 1.35 bits per heavy atom. The third-order valence-electron chi connectivity index (χ3n) is 3.59. The van der Waals surface area contributed by atoms with Gasteiger partial charge in [0.2, 0.25) is 0 Å². The summed E-state index contributed by atoms with van der Waals surface area (Å²) in [5.41, 5.74) is 4.31. The molecule has 2 heterocycles. The smallest absolute Gasteiger partial charge is 0.139 e. The highest BCUT2D eigenvalue weighted by atomic mass is 15.2. The summed E-state index contributed by atoms with van der Waals surface area (Å²) in [6.07, 6.45) is 4.46. The van der Waals surface area contributed by atoms with Gasteiger partial charge < -0.3 is 5.43 Å². The number of nitrogens with two attached hydrogens (primary N) is 1. The van der Waals surface area contributed by atoms with Crippen molar-refractivity contribution < 1.29 is 0 Å². The summed E-state index contributed by atoms with van der Waals surface area (Å²) in [6.45, 7) is 8.07. The van der Waals surface area contributed by atoms with Crippen molar-refractivity contribution in [3.63, 3.8) is 0 Å². The molecule has 17 heavy (non-hydrogen) atoms. The van der Waals surface area contributed by atoms with E-state index in [-0.39, 0.29) is 0 Å². The van der Waals surface area contributed by atoms with Crippen LogP contribution in [-0.4, -0.2) is 23.0 Å². The van der Waals surface area contributed by atoms with E-state index in [9.17, 15) is 0 Å². The standard InChI is InChI=1S/C13H22N4/c1-13(2)5-7-17(8-6-13)10-11-3-4-12(16-14)15-9-11/h3-4,9H,5-8,10,14H2,1-2H3,(H,15,16). The minimum Gasteiger partial charge on any atom is -0.308 e. The van der Waals surface area contributed by atoms with Gasteiger partial charge in [0.05, 0.1) is 0 Å². The number of nitrogens with zero attached hydrogens (tertiary/aromatic N) is 2. The molecule has 0 radical (unpaired) electrons. The summed E-state index contributed by atoms with van der Waals surface area (Å²) < 4.78 is 0. The fraction of sp³-hybridized carbons (Fsp3) is 0.615. The van der Waals surface area contributed by atoms with Crippen LogP contribution in [0.1, 0.15) is 32.3 Å². The van der Waals surface area contributed by atoms with Crippen molar-refractivity contribution in [3.05, 3.63) is 23.9 Å². The largest absolute Gasteiger partial charge is 0.308 e. The monoisotopic (exact) mass is 234 g/mol. The van der Waals surface area contributed by atoms with Crippen LogP contribution in [-0.2, 0) is 6.54 Å². The number of nitrogen functional groups attached to an aromatic ring is 1. The van der Waals surface area contributed by atoms with Gasteiger partial charge in [-0.15, -0.1) is 0 Å². The molecule has 4 heteroatoms. The highest BCUT2D eigenvalue weighted by Crippen LogP contribution is 2.30. The van der Waals surface area contributed by atoms with Crippen LogP contribution >= 0.6 is 0 Å². The predicted octanol–water partition coefficient (Wildman–Crippen LogP) is 1.99. The molecule has 0 aromatic carbocycles. The fourth-order valence-electron chi connectivity index (χ4n) is 2.18. The summed E-state index contributed by atoms with van der Waals surface area (Å²) in [5.74, 6) is 6.01. The molecule has 1 aliphatic heterocycles. The molecule has 0 spiro atoms. The van der Waals surface area contributed by atoms with E-state index in [1.54, 1.807) is 0 Å². The van der Waals surface area contributed by atoms with Crippen LogP contribution in [0.3, 0.4) is 0 Å². The van der Waals surface area contributed by atoms with Crippen LogP contribution in [0.25, 0.3) is 0 Å². The maximum atomic E-state index is 5.29. The van der Waals surface area contributed by atoms with Crippen molar-refractivity contribution in [2.45, 2.75) is 33.2 Å². The van der Waals surface area contributed by atoms with Crippen molar-refractivity contribution in [3.8, 4) is 0 Å². The Kier molecular flexibility index (Phi) is 3.64. The Morgan fingerprint density at radius 2 is 2.06 bits per heavy atom. The first-order chi connectivity index (χ1) is 8.09. The zero-order valence-corrected chi connectivity index (χ0v) is 10.7. The highest BCUT2D eigenvalue weighted by Gasteiger charge is 2.25. The lowest BCUT2D eigenvalue weighted by Crippen LogP contribution is -2.36. The number of piperidine rings is 1. The van der Waals surface area contributed by atoms with E-state index in [0.717, 1.165) is 6.54 Å². The maximum Gasteiger partial charge on any atom is 0.139 e. The molecule has 0 unspecified atom stereocenters. The number of likely N-dealkylation sites (tertiary alicyclic amines) is 1. The second kappa shape index (κ2) is 5.02. The van der Waals surface area contributed by atoms with Crippen molar-refractivity contribution in [2.24, 2.45) is 11.3 Å². The first kappa shape index (κ1) is 12.3. The molecule has 3 N–H and O–H groups in total. The molecule has 2 rings (SSSR count). The molecule has 0 atom stereocenters. The molecule has 0 bridgehead atoms. The Hall–Kier alpha value is -1.13. The van der Waals surface area contributed by atoms with Crippen LogP contribution in [0, 0.1) is 5.41 Å². The van der Waals surface area contributed by atoms with Gasteiger partial charge in [0, 0.05) is 12.7 Å². The number of rotatable bonds is 3. The molecule has 1 aromatic heterocycles. The average molecular weight is 234 g/mol. The van der Waals surface area contributed by atoms with Crippen molar-refractivity contribution in [1.82, 2.24) is 9.88 Å². The molecule has 1 saturated heterocycles. The molecule has 0 aliphatic carbocycles. The van der Waals surface area contributed by atoms with Crippen molar-refractivity contribution in [1.29, 1.82) is 0 Å². The minimum absolute atomic E-state index is 0.516. The normalized spacial score (nSPS) is 20.2. The Bertz CT molecular complexity index is 348. The molecular formula is C13H22N4. The van der Waals surface area contributed by atoms with Crippen LogP contribution in [0.5, 0.6) is 0 Å².